The summed E-state index contributed by atoms with van der Waals surface area (Å²) in [7, 11) is -4.23. The highest BCUT2D eigenvalue weighted by molar-refractivity contribution is 7.93. The van der Waals surface area contributed by atoms with E-state index in [9.17, 15) is 23.4 Å². The van der Waals surface area contributed by atoms with Gasteiger partial charge < -0.3 is 20.1 Å². The molecule has 1 aromatic carbocycles. The van der Waals surface area contributed by atoms with Crippen LogP contribution in [0.2, 0.25) is 5.02 Å². The Morgan fingerprint density at radius 1 is 1.25 bits per heavy atom. The fourth-order valence-electron chi connectivity index (χ4n) is 3.15. The Labute approximate surface area is 194 Å². The van der Waals surface area contributed by atoms with Gasteiger partial charge in [0.25, 0.3) is 21.8 Å². The highest BCUT2D eigenvalue weighted by atomic mass is 35.5. The summed E-state index contributed by atoms with van der Waals surface area (Å²) in [5.74, 6) is -0.927. The number of nitrogens with zero attached hydrogens (tertiary/aromatic N) is 1. The molecule has 0 saturated heterocycles. The molecule has 0 spiro atoms. The summed E-state index contributed by atoms with van der Waals surface area (Å²) < 4.78 is 33.1. The lowest BCUT2D eigenvalue weighted by Gasteiger charge is -2.18. The number of amides is 1. The molecule has 2 aromatic heterocycles. The van der Waals surface area contributed by atoms with Crippen molar-refractivity contribution in [2.24, 2.45) is 0 Å². The molecule has 1 unspecified atom stereocenters. The average molecular weight is 500 g/mol. The lowest BCUT2D eigenvalue weighted by atomic mass is 10.00. The van der Waals surface area contributed by atoms with Gasteiger partial charge in [-0.05, 0) is 39.3 Å². The molecular weight excluding hydrogens is 478 g/mol. The van der Waals surface area contributed by atoms with Crippen molar-refractivity contribution in [1.82, 2.24) is 5.16 Å². The molecule has 0 aliphatic carbocycles. The first kappa shape index (κ1) is 24.2. The first-order valence-corrected chi connectivity index (χ1v) is 12.1. The van der Waals surface area contributed by atoms with Crippen LogP contribution in [0.25, 0.3) is 0 Å². The molecule has 1 atom stereocenters. The number of carbonyl (C=O) groups excluding carboxylic acids is 1. The van der Waals surface area contributed by atoms with E-state index in [0.717, 1.165) is 16.9 Å². The quantitative estimate of drug-likeness (QED) is 0.388. The zero-order valence-corrected chi connectivity index (χ0v) is 20.1. The Bertz CT molecular complexity index is 1280. The number of aryl methyl sites for hydroxylation is 4. The SMILES string of the molecule is Cc1cc(C)c(NC(=O)c2sc(C)cc2S(=O)(=O)Nc2onc(C)c2Cl)c(C(O)CO)c1. The molecule has 0 fully saturated rings. The number of aromatic nitrogens is 1. The minimum atomic E-state index is -4.23. The van der Waals surface area contributed by atoms with Crippen LogP contribution in [-0.4, -0.2) is 36.3 Å². The van der Waals surface area contributed by atoms with Gasteiger partial charge in [0.2, 0.25) is 0 Å². The number of thiophene rings is 1. The van der Waals surface area contributed by atoms with Crippen molar-refractivity contribution in [1.29, 1.82) is 0 Å². The summed E-state index contributed by atoms with van der Waals surface area (Å²) >= 11 is 7.00. The van der Waals surface area contributed by atoms with Crippen molar-refractivity contribution < 1.29 is 27.9 Å². The minimum Gasteiger partial charge on any atom is -0.393 e. The number of sulfonamides is 1. The number of hydrogen-bond donors (Lipinski definition) is 4. The topological polar surface area (TPSA) is 142 Å². The molecule has 9 nitrogen and oxygen atoms in total. The summed E-state index contributed by atoms with van der Waals surface area (Å²) in [5.41, 5.74) is 2.44. The average Bonchev–Trinajstić information content (AvgIpc) is 3.27. The summed E-state index contributed by atoms with van der Waals surface area (Å²) in [6, 6.07) is 4.82. The van der Waals surface area contributed by atoms with Gasteiger partial charge in [-0.25, -0.2) is 13.1 Å². The first-order valence-electron chi connectivity index (χ1n) is 9.41. The van der Waals surface area contributed by atoms with Crippen LogP contribution in [0.4, 0.5) is 11.6 Å². The maximum atomic E-state index is 13.1. The van der Waals surface area contributed by atoms with E-state index in [4.69, 9.17) is 16.1 Å². The molecule has 4 N–H and O–H groups in total. The second-order valence-corrected chi connectivity index (χ2v) is 10.6. The normalized spacial score (nSPS) is 12.6. The molecule has 2 heterocycles. The number of nitrogens with one attached hydrogen (secondary N) is 2. The number of halogens is 1. The second kappa shape index (κ2) is 9.20. The van der Waals surface area contributed by atoms with Gasteiger partial charge in [-0.3, -0.25) is 4.79 Å². The van der Waals surface area contributed by atoms with Gasteiger partial charge in [-0.1, -0.05) is 34.5 Å². The molecule has 0 saturated carbocycles. The third-order valence-electron chi connectivity index (χ3n) is 4.62. The third-order valence-corrected chi connectivity index (χ3v) is 7.59. The van der Waals surface area contributed by atoms with Crippen LogP contribution in [0.3, 0.4) is 0 Å². The van der Waals surface area contributed by atoms with E-state index < -0.39 is 28.6 Å². The van der Waals surface area contributed by atoms with Gasteiger partial charge in [-0.2, -0.15) is 0 Å². The van der Waals surface area contributed by atoms with E-state index in [1.165, 1.54) is 6.07 Å². The number of aliphatic hydroxyl groups excluding tert-OH is 2. The van der Waals surface area contributed by atoms with E-state index in [1.807, 2.05) is 6.92 Å². The number of anilines is 2. The Morgan fingerprint density at radius 2 is 1.94 bits per heavy atom. The minimum absolute atomic E-state index is 0.0180. The van der Waals surface area contributed by atoms with Crippen LogP contribution in [-0.2, 0) is 10.0 Å². The molecule has 32 heavy (non-hydrogen) atoms. The standard InChI is InChI=1S/C20H22ClN3O6S2/c1-9-5-10(2)17(13(6-9)14(26)8-25)22-19(27)18-15(7-11(3)31-18)32(28,29)24-20-16(21)12(4)23-30-20/h5-7,14,24-26H,8H2,1-4H3,(H,22,27). The van der Waals surface area contributed by atoms with Crippen molar-refractivity contribution in [2.45, 2.75) is 38.7 Å². The fraction of sp³-hybridized carbons (Fsp3) is 0.300. The molecule has 3 aromatic rings. The van der Waals surface area contributed by atoms with Crippen LogP contribution in [0.1, 0.15) is 43.0 Å². The molecule has 172 valence electrons. The maximum Gasteiger partial charge on any atom is 0.267 e. The van der Waals surface area contributed by atoms with Crippen molar-refractivity contribution in [2.75, 3.05) is 16.6 Å². The van der Waals surface area contributed by atoms with Crippen LogP contribution in [0, 0.1) is 27.7 Å². The number of hydrogen-bond acceptors (Lipinski definition) is 8. The highest BCUT2D eigenvalue weighted by Gasteiger charge is 2.29. The predicted octanol–water partition coefficient (Wildman–Crippen LogP) is 3.70. The second-order valence-electron chi connectivity index (χ2n) is 7.27. The van der Waals surface area contributed by atoms with Crippen LogP contribution in [0.5, 0.6) is 0 Å². The molecule has 0 aliphatic heterocycles. The summed E-state index contributed by atoms with van der Waals surface area (Å²) in [5, 5.41) is 25.9. The van der Waals surface area contributed by atoms with Gasteiger partial charge in [0.1, 0.15) is 26.6 Å². The van der Waals surface area contributed by atoms with Gasteiger partial charge in [-0.15, -0.1) is 11.3 Å². The monoisotopic (exact) mass is 499 g/mol. The number of aliphatic hydroxyl groups is 2. The summed E-state index contributed by atoms with van der Waals surface area (Å²) in [6.07, 6.45) is -1.21. The summed E-state index contributed by atoms with van der Waals surface area (Å²) in [6.45, 7) is 6.25. The van der Waals surface area contributed by atoms with Crippen molar-refractivity contribution in [3.05, 3.63) is 55.4 Å². The van der Waals surface area contributed by atoms with E-state index in [0.29, 0.717) is 27.4 Å². The highest BCUT2D eigenvalue weighted by Crippen LogP contribution is 2.33. The molecule has 3 rings (SSSR count). The smallest absolute Gasteiger partial charge is 0.267 e. The zero-order chi connectivity index (χ0) is 23.8. The largest absolute Gasteiger partial charge is 0.393 e. The van der Waals surface area contributed by atoms with Gasteiger partial charge in [0.15, 0.2) is 0 Å². The van der Waals surface area contributed by atoms with Crippen molar-refractivity contribution >= 4 is 50.4 Å². The molecule has 0 bridgehead atoms. The summed E-state index contributed by atoms with van der Waals surface area (Å²) in [4.78, 5) is 13.4. The number of carbonyl (C=O) groups is 1. The first-order chi connectivity index (χ1) is 14.9. The molecular formula is C20H22ClN3O6S2. The van der Waals surface area contributed by atoms with Crippen LogP contribution >= 0.6 is 22.9 Å². The van der Waals surface area contributed by atoms with Crippen LogP contribution < -0.4 is 10.0 Å². The van der Waals surface area contributed by atoms with E-state index in [2.05, 4.69) is 15.2 Å². The van der Waals surface area contributed by atoms with Crippen molar-refractivity contribution in [3.63, 3.8) is 0 Å². The van der Waals surface area contributed by atoms with E-state index in [1.54, 1.807) is 32.9 Å². The fourth-order valence-corrected chi connectivity index (χ4v) is 5.82. The Morgan fingerprint density at radius 3 is 2.53 bits per heavy atom. The van der Waals surface area contributed by atoms with Gasteiger partial charge >= 0.3 is 0 Å². The number of rotatable bonds is 7. The van der Waals surface area contributed by atoms with Crippen molar-refractivity contribution in [3.8, 4) is 0 Å². The predicted molar refractivity (Wildman–Crippen MR) is 122 cm³/mol. The van der Waals surface area contributed by atoms with E-state index >= 15 is 0 Å². The lowest BCUT2D eigenvalue weighted by Crippen LogP contribution is -2.20. The zero-order valence-electron chi connectivity index (χ0n) is 17.7. The Balaban J connectivity index is 1.99. The Hall–Kier alpha value is -2.44. The Kier molecular flexibility index (Phi) is 6.96. The number of benzene rings is 1. The van der Waals surface area contributed by atoms with Crippen LogP contribution in [0.15, 0.2) is 27.6 Å². The lowest BCUT2D eigenvalue weighted by molar-refractivity contribution is 0.0955. The maximum absolute atomic E-state index is 13.1. The molecule has 12 heteroatoms. The molecule has 0 aliphatic rings. The molecule has 1 amide bonds. The third kappa shape index (κ3) is 4.81. The van der Waals surface area contributed by atoms with Gasteiger partial charge in [0.05, 0.1) is 6.61 Å². The van der Waals surface area contributed by atoms with E-state index in [-0.39, 0.29) is 20.7 Å². The molecule has 0 radical (unpaired) electrons. The van der Waals surface area contributed by atoms with Gasteiger partial charge in [0, 0.05) is 16.1 Å².